The summed E-state index contributed by atoms with van der Waals surface area (Å²) >= 11 is 0. The minimum absolute atomic E-state index is 0.00733. The van der Waals surface area contributed by atoms with Gasteiger partial charge in [-0.05, 0) is 24.1 Å². The molecule has 0 aromatic heterocycles. The highest BCUT2D eigenvalue weighted by Gasteiger charge is 2.44. The molecule has 0 N–H and O–H groups in total. The van der Waals surface area contributed by atoms with Crippen LogP contribution in [0.3, 0.4) is 0 Å². The number of Topliss-reactive ketones (excluding diaryl/α,β-unsaturated/α-hetero) is 1. The van der Waals surface area contributed by atoms with Crippen LogP contribution >= 0.6 is 0 Å². The molecule has 2 fully saturated rings. The predicted molar refractivity (Wildman–Crippen MR) is 109 cm³/mol. The molecular weight excluding hydrogens is 467 g/mol. The maximum absolute atomic E-state index is 12.9. The number of carbonyl (C=O) groups excluding carboxylic acids is 2. The van der Waals surface area contributed by atoms with Crippen LogP contribution in [0.1, 0.15) is 25.3 Å². The number of rotatable bonds is 6. The highest BCUT2D eigenvalue weighted by molar-refractivity contribution is 7.89. The summed E-state index contributed by atoms with van der Waals surface area (Å²) in [6.45, 7) is 1.14. The van der Waals surface area contributed by atoms with Gasteiger partial charge in [-0.2, -0.15) is 17.5 Å². The molecule has 1 saturated heterocycles. The number of hydrogen-bond donors (Lipinski definition) is 0. The molecule has 0 spiro atoms. The number of alkyl halides is 3. The lowest BCUT2D eigenvalue weighted by molar-refractivity contribution is -0.490. The molecule has 1 aromatic rings. The number of piperazine rings is 1. The van der Waals surface area contributed by atoms with Crippen molar-refractivity contribution in [2.45, 2.75) is 30.8 Å². The van der Waals surface area contributed by atoms with E-state index in [4.69, 9.17) is 0 Å². The van der Waals surface area contributed by atoms with Gasteiger partial charge in [0.05, 0.1) is 10.5 Å². The van der Waals surface area contributed by atoms with Gasteiger partial charge < -0.3 is 4.90 Å². The second-order valence-electron chi connectivity index (χ2n) is 8.45. The van der Waals surface area contributed by atoms with Crippen molar-refractivity contribution in [1.82, 2.24) is 9.21 Å². The Hall–Kier alpha value is -2.54. The molecule has 33 heavy (non-hydrogen) atoms. The largest absolute Gasteiger partial charge is 0.416 e. The molecule has 13 heteroatoms. The Morgan fingerprint density at radius 2 is 1.85 bits per heavy atom. The van der Waals surface area contributed by atoms with Crippen molar-refractivity contribution in [2.75, 3.05) is 32.7 Å². The van der Waals surface area contributed by atoms with E-state index in [1.807, 2.05) is 0 Å². The van der Waals surface area contributed by atoms with E-state index in [0.717, 1.165) is 22.5 Å². The lowest BCUT2D eigenvalue weighted by atomic mass is 9.87. The third-order valence-electron chi connectivity index (χ3n) is 6.33. The number of benzene rings is 1. The van der Waals surface area contributed by atoms with E-state index in [-0.39, 0.29) is 50.7 Å². The van der Waals surface area contributed by atoms with Gasteiger partial charge in [-0.3, -0.25) is 19.7 Å². The van der Waals surface area contributed by atoms with Gasteiger partial charge in [0, 0.05) is 55.8 Å². The summed E-state index contributed by atoms with van der Waals surface area (Å²) in [4.78, 5) is 36.4. The summed E-state index contributed by atoms with van der Waals surface area (Å²) in [6, 6.07) is 3.48. The van der Waals surface area contributed by atoms with Gasteiger partial charge in [0.15, 0.2) is 0 Å². The number of sulfonamides is 1. The molecule has 9 nitrogen and oxygen atoms in total. The second-order valence-corrected chi connectivity index (χ2v) is 10.4. The molecule has 1 saturated carbocycles. The van der Waals surface area contributed by atoms with E-state index in [1.165, 1.54) is 4.90 Å². The van der Waals surface area contributed by atoms with Crippen LogP contribution in [0.25, 0.3) is 0 Å². The number of amides is 1. The van der Waals surface area contributed by atoms with Gasteiger partial charge in [0.1, 0.15) is 5.78 Å². The van der Waals surface area contributed by atoms with Crippen LogP contribution in [-0.2, 0) is 25.8 Å². The Bertz CT molecular complexity index is 1040. The predicted octanol–water partition coefficient (Wildman–Crippen LogP) is 2.05. The topological polar surface area (TPSA) is 118 Å². The zero-order chi connectivity index (χ0) is 24.6. The van der Waals surface area contributed by atoms with Crippen LogP contribution in [0.5, 0.6) is 0 Å². The van der Waals surface area contributed by atoms with Gasteiger partial charge in [-0.25, -0.2) is 8.42 Å². The standard InChI is InChI=1S/C20H24F3N3O6S/c1-13-9-18(27)16(17(13)12-26(29)30)11-19(28)24-5-7-25(8-6-24)33(31,32)15-4-2-3-14(10-15)20(21,22)23/h2-4,10,13,16-17H,5-9,11-12H2,1H3. The Morgan fingerprint density at radius 1 is 1.21 bits per heavy atom. The Balaban J connectivity index is 1.64. The quantitative estimate of drug-likeness (QED) is 0.444. The van der Waals surface area contributed by atoms with Crippen LogP contribution < -0.4 is 0 Å². The monoisotopic (exact) mass is 491 g/mol. The first-order chi connectivity index (χ1) is 15.3. The molecule has 3 rings (SSSR count). The molecule has 1 aromatic carbocycles. The maximum Gasteiger partial charge on any atom is 0.416 e. The van der Waals surface area contributed by atoms with Gasteiger partial charge in [-0.1, -0.05) is 13.0 Å². The SMILES string of the molecule is CC1CC(=O)C(CC(=O)N2CCN(S(=O)(=O)c3cccc(C(F)(F)F)c3)CC2)C1C[N+](=O)[O-]. The first-order valence-electron chi connectivity index (χ1n) is 10.4. The van der Waals surface area contributed by atoms with Crippen LogP contribution in [0.15, 0.2) is 29.2 Å². The van der Waals surface area contributed by atoms with Gasteiger partial charge in [-0.15, -0.1) is 0 Å². The Labute approximate surface area is 188 Å². The number of nitro groups is 1. The second kappa shape index (κ2) is 9.37. The van der Waals surface area contributed by atoms with Crippen molar-refractivity contribution in [3.63, 3.8) is 0 Å². The summed E-state index contributed by atoms with van der Waals surface area (Å²) in [5.41, 5.74) is -1.07. The zero-order valence-corrected chi connectivity index (χ0v) is 18.6. The number of ketones is 1. The van der Waals surface area contributed by atoms with E-state index in [2.05, 4.69) is 0 Å². The summed E-state index contributed by atoms with van der Waals surface area (Å²) in [5, 5.41) is 10.9. The molecule has 0 radical (unpaired) electrons. The van der Waals surface area contributed by atoms with E-state index in [1.54, 1.807) is 6.92 Å². The third kappa shape index (κ3) is 5.52. The van der Waals surface area contributed by atoms with Gasteiger partial charge in [0.2, 0.25) is 22.5 Å². The first kappa shape index (κ1) is 25.1. The van der Waals surface area contributed by atoms with E-state index >= 15 is 0 Å². The summed E-state index contributed by atoms with van der Waals surface area (Å²) in [5.74, 6) is -2.06. The van der Waals surface area contributed by atoms with Crippen molar-refractivity contribution in [1.29, 1.82) is 0 Å². The van der Waals surface area contributed by atoms with Crippen molar-refractivity contribution in [2.24, 2.45) is 17.8 Å². The summed E-state index contributed by atoms with van der Waals surface area (Å²) < 4.78 is 65.4. The van der Waals surface area contributed by atoms with Crippen molar-refractivity contribution >= 4 is 21.7 Å². The maximum atomic E-state index is 12.9. The summed E-state index contributed by atoms with van der Waals surface area (Å²) in [6.07, 6.45) is -4.68. The number of nitrogens with zero attached hydrogens (tertiary/aromatic N) is 3. The average Bonchev–Trinajstić information content (AvgIpc) is 2.99. The fourth-order valence-corrected chi connectivity index (χ4v) is 5.95. The third-order valence-corrected chi connectivity index (χ3v) is 8.22. The number of carbonyl (C=O) groups is 2. The molecule has 0 bridgehead atoms. The normalized spacial score (nSPS) is 24.8. The lowest BCUT2D eigenvalue weighted by Crippen LogP contribution is -2.51. The van der Waals surface area contributed by atoms with Gasteiger partial charge >= 0.3 is 6.18 Å². The molecule has 3 atom stereocenters. The smallest absolute Gasteiger partial charge is 0.340 e. The number of hydrogen-bond acceptors (Lipinski definition) is 6. The van der Waals surface area contributed by atoms with Crippen molar-refractivity contribution in [3.8, 4) is 0 Å². The molecule has 1 heterocycles. The molecule has 2 aliphatic rings. The fourth-order valence-electron chi connectivity index (χ4n) is 4.48. The fraction of sp³-hybridized carbons (Fsp3) is 0.600. The lowest BCUT2D eigenvalue weighted by Gasteiger charge is -2.34. The molecule has 1 aliphatic heterocycles. The first-order valence-corrected chi connectivity index (χ1v) is 11.8. The summed E-state index contributed by atoms with van der Waals surface area (Å²) in [7, 11) is -4.19. The average molecular weight is 491 g/mol. The minimum atomic E-state index is -4.68. The van der Waals surface area contributed by atoms with Crippen molar-refractivity contribution in [3.05, 3.63) is 39.9 Å². The molecular formula is C20H24F3N3O6S. The minimum Gasteiger partial charge on any atom is -0.340 e. The molecule has 1 aliphatic carbocycles. The zero-order valence-electron chi connectivity index (χ0n) is 17.8. The van der Waals surface area contributed by atoms with Crippen LogP contribution in [-0.4, -0.2) is 67.0 Å². The Kier molecular flexibility index (Phi) is 7.13. The van der Waals surface area contributed by atoms with Crippen LogP contribution in [0.4, 0.5) is 13.2 Å². The molecule has 182 valence electrons. The highest BCUT2D eigenvalue weighted by Crippen LogP contribution is 2.37. The Morgan fingerprint density at radius 3 is 2.42 bits per heavy atom. The van der Waals surface area contributed by atoms with Crippen molar-refractivity contribution < 1.29 is 36.1 Å². The number of halogens is 3. The highest BCUT2D eigenvalue weighted by atomic mass is 32.2. The van der Waals surface area contributed by atoms with Crippen LogP contribution in [0, 0.1) is 27.9 Å². The molecule has 3 unspecified atom stereocenters. The van der Waals surface area contributed by atoms with E-state index in [9.17, 15) is 41.3 Å². The van der Waals surface area contributed by atoms with Gasteiger partial charge in [0.25, 0.3) is 0 Å². The van der Waals surface area contributed by atoms with Crippen LogP contribution in [0.2, 0.25) is 0 Å². The molecule has 1 amide bonds. The van der Waals surface area contributed by atoms with E-state index < -0.39 is 55.9 Å². The van der Waals surface area contributed by atoms with E-state index in [0.29, 0.717) is 6.07 Å².